The fourth-order valence-electron chi connectivity index (χ4n) is 4.47. The van der Waals surface area contributed by atoms with Gasteiger partial charge in [-0.3, -0.25) is 4.79 Å². The maximum absolute atomic E-state index is 12.9. The molecule has 174 valence electrons. The van der Waals surface area contributed by atoms with E-state index in [-0.39, 0.29) is 11.3 Å². The van der Waals surface area contributed by atoms with Crippen LogP contribution in [0.4, 0.5) is 0 Å². The maximum atomic E-state index is 12.9. The van der Waals surface area contributed by atoms with Crippen LogP contribution in [-0.4, -0.2) is 64.9 Å². The number of carbonyl (C=O) groups excluding carboxylic acids is 1. The first-order valence-corrected chi connectivity index (χ1v) is 11.2. The van der Waals surface area contributed by atoms with E-state index in [1.54, 1.807) is 18.0 Å². The quantitative estimate of drug-likeness (QED) is 0.598. The summed E-state index contributed by atoms with van der Waals surface area (Å²) in [5, 5.41) is 7.49. The summed E-state index contributed by atoms with van der Waals surface area (Å²) in [4.78, 5) is 24.4. The molecular weight excluding hydrogens is 416 g/mol. The average Bonchev–Trinajstić information content (AvgIpc) is 3.17. The normalized spacial score (nSPS) is 12.9. The Hall–Kier alpha value is -3.26. The van der Waals surface area contributed by atoms with Gasteiger partial charge in [0.25, 0.3) is 11.9 Å². The third-order valence-electron chi connectivity index (χ3n) is 6.00. The number of methoxy groups -OCH3 is 1. The molecule has 1 aliphatic carbocycles. The van der Waals surface area contributed by atoms with Crippen LogP contribution in [0.15, 0.2) is 30.6 Å². The Morgan fingerprint density at radius 2 is 1.97 bits per heavy atom. The molecule has 2 aromatic heterocycles. The number of ether oxygens (including phenoxy) is 1. The lowest BCUT2D eigenvalue weighted by molar-refractivity contribution is 0.0928. The molecule has 3 aromatic rings. The minimum Gasteiger partial charge on any atom is -0.497 e. The van der Waals surface area contributed by atoms with E-state index in [1.807, 2.05) is 39.3 Å². The predicted octanol–water partition coefficient (Wildman–Crippen LogP) is 3.06. The van der Waals surface area contributed by atoms with E-state index in [4.69, 9.17) is 9.72 Å². The first kappa shape index (κ1) is 22.9. The standard InChI is InChI=1S/C25H32N6O2/c1-16-21(23(32)27-14-25(2,3)15-30(4)5)13-28-31(16)24-26-12-18-8-7-17-9-10-19(33-6)11-20(17)22(18)29-24/h9-13H,7-8,14-15H2,1-6H3,(H,27,32). The molecule has 1 N–H and O–H groups in total. The minimum atomic E-state index is -0.140. The fourth-order valence-corrected chi connectivity index (χ4v) is 4.47. The molecule has 1 aliphatic rings. The molecule has 1 amide bonds. The van der Waals surface area contributed by atoms with Gasteiger partial charge in [-0.25, -0.2) is 14.6 Å². The number of nitrogens with zero attached hydrogens (tertiary/aromatic N) is 5. The molecular formula is C25H32N6O2. The summed E-state index contributed by atoms with van der Waals surface area (Å²) in [6, 6.07) is 6.10. The summed E-state index contributed by atoms with van der Waals surface area (Å²) in [5.41, 5.74) is 5.49. The highest BCUT2D eigenvalue weighted by Crippen LogP contribution is 2.34. The second-order valence-electron chi connectivity index (χ2n) is 9.71. The first-order chi connectivity index (χ1) is 15.7. The second kappa shape index (κ2) is 8.94. The van der Waals surface area contributed by atoms with Gasteiger partial charge in [0, 0.05) is 24.8 Å². The molecule has 1 aromatic carbocycles. The zero-order valence-electron chi connectivity index (χ0n) is 20.3. The SMILES string of the molecule is COc1ccc2c(c1)-c1nc(-n3ncc(C(=O)NCC(C)(C)CN(C)C)c3C)ncc1CC2. The lowest BCUT2D eigenvalue weighted by Gasteiger charge is -2.28. The van der Waals surface area contributed by atoms with E-state index < -0.39 is 0 Å². The summed E-state index contributed by atoms with van der Waals surface area (Å²) in [5.74, 6) is 1.11. The molecule has 0 saturated heterocycles. The molecule has 0 spiro atoms. The Morgan fingerprint density at radius 1 is 1.21 bits per heavy atom. The smallest absolute Gasteiger partial charge is 0.254 e. The number of fused-ring (bicyclic) bond motifs is 3. The number of hydrogen-bond acceptors (Lipinski definition) is 6. The molecule has 33 heavy (non-hydrogen) atoms. The van der Waals surface area contributed by atoms with Gasteiger partial charge in [0.05, 0.1) is 30.3 Å². The van der Waals surface area contributed by atoms with Gasteiger partial charge in [0.2, 0.25) is 0 Å². The summed E-state index contributed by atoms with van der Waals surface area (Å²) in [7, 11) is 5.73. The second-order valence-corrected chi connectivity index (χ2v) is 9.71. The van der Waals surface area contributed by atoms with Crippen LogP contribution in [0.1, 0.15) is 41.0 Å². The Kier molecular flexibility index (Phi) is 6.21. The van der Waals surface area contributed by atoms with Crippen molar-refractivity contribution < 1.29 is 9.53 Å². The van der Waals surface area contributed by atoms with E-state index in [1.165, 1.54) is 5.56 Å². The Bertz CT molecular complexity index is 1180. The monoisotopic (exact) mass is 448 g/mol. The third-order valence-corrected chi connectivity index (χ3v) is 6.00. The van der Waals surface area contributed by atoms with E-state index in [9.17, 15) is 4.79 Å². The van der Waals surface area contributed by atoms with Crippen LogP contribution in [-0.2, 0) is 12.8 Å². The summed E-state index contributed by atoms with van der Waals surface area (Å²) < 4.78 is 7.05. The van der Waals surface area contributed by atoms with Crippen LogP contribution in [0.25, 0.3) is 17.2 Å². The number of aromatic nitrogens is 4. The maximum Gasteiger partial charge on any atom is 0.254 e. The van der Waals surface area contributed by atoms with E-state index >= 15 is 0 Å². The third kappa shape index (κ3) is 4.75. The number of benzene rings is 1. The number of hydrogen-bond donors (Lipinski definition) is 1. The first-order valence-electron chi connectivity index (χ1n) is 11.2. The van der Waals surface area contributed by atoms with Crippen LogP contribution in [0.2, 0.25) is 0 Å². The molecule has 8 nitrogen and oxygen atoms in total. The van der Waals surface area contributed by atoms with E-state index in [0.29, 0.717) is 23.8 Å². The van der Waals surface area contributed by atoms with Gasteiger partial charge >= 0.3 is 0 Å². The van der Waals surface area contributed by atoms with Crippen molar-refractivity contribution in [3.05, 3.63) is 53.0 Å². The molecule has 0 bridgehead atoms. The van der Waals surface area contributed by atoms with E-state index in [2.05, 4.69) is 40.2 Å². The summed E-state index contributed by atoms with van der Waals surface area (Å²) in [6.07, 6.45) is 5.29. The minimum absolute atomic E-state index is 0.0425. The Labute approximate surface area is 195 Å². The van der Waals surface area contributed by atoms with Gasteiger partial charge in [0.15, 0.2) is 0 Å². The van der Waals surface area contributed by atoms with Gasteiger partial charge in [-0.1, -0.05) is 19.9 Å². The molecule has 0 unspecified atom stereocenters. The van der Waals surface area contributed by atoms with Crippen molar-refractivity contribution in [1.82, 2.24) is 30.0 Å². The molecule has 0 aliphatic heterocycles. The lowest BCUT2D eigenvalue weighted by atomic mass is 9.90. The molecule has 2 heterocycles. The van der Waals surface area contributed by atoms with Crippen molar-refractivity contribution in [3.63, 3.8) is 0 Å². The van der Waals surface area contributed by atoms with Gasteiger partial charge < -0.3 is 15.0 Å². The highest BCUT2D eigenvalue weighted by Gasteiger charge is 2.24. The zero-order chi connectivity index (χ0) is 23.8. The van der Waals surface area contributed by atoms with Crippen molar-refractivity contribution in [3.8, 4) is 23.0 Å². The molecule has 0 radical (unpaired) electrons. The van der Waals surface area contributed by atoms with Crippen LogP contribution >= 0.6 is 0 Å². The summed E-state index contributed by atoms with van der Waals surface area (Å²) >= 11 is 0. The topological polar surface area (TPSA) is 85.2 Å². The van der Waals surface area contributed by atoms with Crippen molar-refractivity contribution in [1.29, 1.82) is 0 Å². The van der Waals surface area contributed by atoms with E-state index in [0.717, 1.165) is 42.0 Å². The van der Waals surface area contributed by atoms with Crippen LogP contribution in [0, 0.1) is 12.3 Å². The number of carbonyl (C=O) groups is 1. The van der Waals surface area contributed by atoms with Crippen molar-refractivity contribution in [2.24, 2.45) is 5.41 Å². The highest BCUT2D eigenvalue weighted by atomic mass is 16.5. The van der Waals surface area contributed by atoms with Gasteiger partial charge in [0.1, 0.15) is 5.75 Å². The highest BCUT2D eigenvalue weighted by molar-refractivity contribution is 5.95. The molecule has 0 atom stereocenters. The number of aryl methyl sites for hydroxylation is 2. The van der Waals surface area contributed by atoms with Gasteiger partial charge in [-0.15, -0.1) is 0 Å². The molecule has 8 heteroatoms. The zero-order valence-corrected chi connectivity index (χ0v) is 20.3. The Morgan fingerprint density at radius 3 is 2.70 bits per heavy atom. The lowest BCUT2D eigenvalue weighted by Crippen LogP contribution is -2.40. The largest absolute Gasteiger partial charge is 0.497 e. The number of nitrogens with one attached hydrogen (secondary N) is 1. The van der Waals surface area contributed by atoms with Crippen molar-refractivity contribution in [2.45, 2.75) is 33.6 Å². The van der Waals surface area contributed by atoms with Crippen molar-refractivity contribution >= 4 is 5.91 Å². The fraction of sp³-hybridized carbons (Fsp3) is 0.440. The average molecular weight is 449 g/mol. The molecule has 0 fully saturated rings. The van der Waals surface area contributed by atoms with Gasteiger partial charge in [-0.05, 0) is 62.5 Å². The summed E-state index contributed by atoms with van der Waals surface area (Å²) in [6.45, 7) is 7.59. The predicted molar refractivity (Wildman–Crippen MR) is 128 cm³/mol. The molecule has 0 saturated carbocycles. The Balaban J connectivity index is 1.60. The van der Waals surface area contributed by atoms with Gasteiger partial charge in [-0.2, -0.15) is 5.10 Å². The number of rotatable bonds is 7. The van der Waals surface area contributed by atoms with Crippen LogP contribution < -0.4 is 10.1 Å². The molecule has 4 rings (SSSR count). The van der Waals surface area contributed by atoms with Crippen LogP contribution in [0.5, 0.6) is 5.75 Å². The number of amides is 1. The van der Waals surface area contributed by atoms with Crippen LogP contribution in [0.3, 0.4) is 0 Å². The van der Waals surface area contributed by atoms with Crippen molar-refractivity contribution in [2.75, 3.05) is 34.3 Å².